The van der Waals surface area contributed by atoms with Crippen molar-refractivity contribution in [1.29, 1.82) is 0 Å². The van der Waals surface area contributed by atoms with Crippen LogP contribution in [-0.2, 0) is 4.79 Å². The van der Waals surface area contributed by atoms with E-state index in [4.69, 9.17) is 0 Å². The molecule has 0 unspecified atom stereocenters. The van der Waals surface area contributed by atoms with Gasteiger partial charge in [0.1, 0.15) is 11.4 Å². The second-order valence-electron chi connectivity index (χ2n) is 5.82. The van der Waals surface area contributed by atoms with Crippen molar-refractivity contribution in [3.8, 4) is 5.69 Å². The number of carbonyl (C=O) groups is 2. The van der Waals surface area contributed by atoms with Crippen LogP contribution in [0.15, 0.2) is 47.3 Å². The zero-order valence-corrected chi connectivity index (χ0v) is 13.7. The highest BCUT2D eigenvalue weighted by Gasteiger charge is 2.34. The molecule has 4 rings (SSSR count). The van der Waals surface area contributed by atoms with Crippen LogP contribution in [0.1, 0.15) is 34.0 Å². The highest BCUT2D eigenvalue weighted by molar-refractivity contribution is 7.08. The van der Waals surface area contributed by atoms with Crippen molar-refractivity contribution in [2.24, 2.45) is 0 Å². The topological polar surface area (TPSA) is 71.3 Å². The van der Waals surface area contributed by atoms with Crippen molar-refractivity contribution in [3.05, 3.63) is 69.9 Å². The van der Waals surface area contributed by atoms with E-state index >= 15 is 0 Å². The predicted molar refractivity (Wildman–Crippen MR) is 92.1 cm³/mol. The number of rotatable bonds is 3. The highest BCUT2D eigenvalue weighted by atomic mass is 32.1. The Morgan fingerprint density at radius 2 is 2.20 bits per heavy atom. The zero-order valence-electron chi connectivity index (χ0n) is 12.9. The van der Waals surface area contributed by atoms with Gasteiger partial charge in [-0.3, -0.25) is 4.79 Å². The Morgan fingerprint density at radius 3 is 2.88 bits per heavy atom. The van der Waals surface area contributed by atoms with E-state index in [1.165, 1.54) is 29.7 Å². The molecule has 1 aliphatic heterocycles. The highest BCUT2D eigenvalue weighted by Crippen LogP contribution is 2.42. The monoisotopic (exact) mass is 356 g/mol. The summed E-state index contributed by atoms with van der Waals surface area (Å²) in [5, 5.41) is 16.1. The lowest BCUT2D eigenvalue weighted by Crippen LogP contribution is -2.25. The summed E-state index contributed by atoms with van der Waals surface area (Å²) in [5.41, 5.74) is 2.38. The summed E-state index contributed by atoms with van der Waals surface area (Å²) in [6.07, 6.45) is 1.65. The van der Waals surface area contributed by atoms with E-state index in [1.807, 2.05) is 16.8 Å². The Balaban J connectivity index is 1.99. The molecular formula is C18H13FN2O3S. The average molecular weight is 356 g/mol. The summed E-state index contributed by atoms with van der Waals surface area (Å²) in [5.74, 6) is -2.07. The number of amides is 1. The number of nitrogens with zero attached hydrogens (tertiary/aromatic N) is 1. The molecule has 3 aromatic rings. The van der Waals surface area contributed by atoms with Gasteiger partial charge in [0, 0.05) is 24.2 Å². The van der Waals surface area contributed by atoms with Crippen LogP contribution in [0, 0.1) is 5.82 Å². The van der Waals surface area contributed by atoms with E-state index in [2.05, 4.69) is 5.32 Å². The summed E-state index contributed by atoms with van der Waals surface area (Å²) >= 11 is 1.51. The molecule has 0 radical (unpaired) electrons. The maximum Gasteiger partial charge on any atom is 0.339 e. The number of thiophene rings is 1. The molecule has 1 amide bonds. The summed E-state index contributed by atoms with van der Waals surface area (Å²) < 4.78 is 15.3. The molecule has 1 aliphatic rings. The number of fused-ring (bicyclic) bond motifs is 1. The van der Waals surface area contributed by atoms with Gasteiger partial charge in [-0.25, -0.2) is 9.18 Å². The summed E-state index contributed by atoms with van der Waals surface area (Å²) in [4.78, 5) is 23.8. The molecule has 0 saturated heterocycles. The number of carboxylic acids is 1. The smallest absolute Gasteiger partial charge is 0.339 e. The Bertz CT molecular complexity index is 978. The lowest BCUT2D eigenvalue weighted by molar-refractivity contribution is -0.116. The fourth-order valence-corrected chi connectivity index (χ4v) is 3.93. The number of aromatic nitrogens is 1. The Kier molecular flexibility index (Phi) is 3.65. The SMILES string of the molecule is O=C1C[C@@H](c2ccsc2)c2c(c(C(=O)O)cn2-c2cccc(F)c2)N1. The fraction of sp³-hybridized carbons (Fsp3) is 0.111. The van der Waals surface area contributed by atoms with E-state index in [1.54, 1.807) is 16.7 Å². The van der Waals surface area contributed by atoms with Gasteiger partial charge in [-0.15, -0.1) is 0 Å². The van der Waals surface area contributed by atoms with Gasteiger partial charge in [-0.1, -0.05) is 6.07 Å². The third kappa shape index (κ3) is 2.62. The Hall–Kier alpha value is -2.93. The first-order chi connectivity index (χ1) is 12.0. The van der Waals surface area contributed by atoms with Crippen LogP contribution in [0.5, 0.6) is 0 Å². The van der Waals surface area contributed by atoms with Gasteiger partial charge in [0.2, 0.25) is 5.91 Å². The lowest BCUT2D eigenvalue weighted by atomic mass is 9.90. The first-order valence-electron chi connectivity index (χ1n) is 7.61. The maximum absolute atomic E-state index is 13.7. The van der Waals surface area contributed by atoms with Crippen molar-refractivity contribution < 1.29 is 19.1 Å². The molecule has 0 aliphatic carbocycles. The molecule has 2 N–H and O–H groups in total. The molecule has 3 heterocycles. The number of hydrogen-bond donors (Lipinski definition) is 2. The van der Waals surface area contributed by atoms with Gasteiger partial charge >= 0.3 is 5.97 Å². The summed E-state index contributed by atoms with van der Waals surface area (Å²) in [7, 11) is 0. The van der Waals surface area contributed by atoms with Crippen LogP contribution in [0.25, 0.3) is 5.69 Å². The molecule has 0 spiro atoms. The van der Waals surface area contributed by atoms with Crippen LogP contribution in [0.2, 0.25) is 0 Å². The number of aromatic carboxylic acids is 1. The first-order valence-corrected chi connectivity index (χ1v) is 8.55. The number of nitrogens with one attached hydrogen (secondary N) is 1. The normalized spacial score (nSPS) is 16.4. The molecule has 0 saturated carbocycles. The minimum Gasteiger partial charge on any atom is -0.478 e. The molecule has 1 atom stereocenters. The van der Waals surface area contributed by atoms with Crippen LogP contribution >= 0.6 is 11.3 Å². The van der Waals surface area contributed by atoms with Gasteiger partial charge in [-0.2, -0.15) is 11.3 Å². The number of carboxylic acid groups (broad SMARTS) is 1. The van der Waals surface area contributed by atoms with Gasteiger partial charge < -0.3 is 15.0 Å². The van der Waals surface area contributed by atoms with Crippen LogP contribution < -0.4 is 5.32 Å². The fourth-order valence-electron chi connectivity index (χ4n) is 3.22. The van der Waals surface area contributed by atoms with E-state index in [9.17, 15) is 19.1 Å². The van der Waals surface area contributed by atoms with Crippen molar-refractivity contribution in [2.75, 3.05) is 5.32 Å². The van der Waals surface area contributed by atoms with Gasteiger partial charge in [0.25, 0.3) is 0 Å². The molecule has 25 heavy (non-hydrogen) atoms. The minimum atomic E-state index is -1.14. The molecule has 0 bridgehead atoms. The largest absolute Gasteiger partial charge is 0.478 e. The molecule has 0 fully saturated rings. The number of carbonyl (C=O) groups excluding carboxylic acids is 1. The molecule has 1 aromatic carbocycles. The second-order valence-corrected chi connectivity index (χ2v) is 6.60. The molecule has 7 heteroatoms. The lowest BCUT2D eigenvalue weighted by Gasteiger charge is -2.25. The summed E-state index contributed by atoms with van der Waals surface area (Å²) in [6, 6.07) is 7.86. The minimum absolute atomic E-state index is 0.00691. The van der Waals surface area contributed by atoms with Gasteiger partial charge in [0.15, 0.2) is 0 Å². The van der Waals surface area contributed by atoms with E-state index < -0.39 is 11.8 Å². The second kappa shape index (κ2) is 5.86. The third-order valence-electron chi connectivity index (χ3n) is 4.29. The van der Waals surface area contributed by atoms with Crippen LogP contribution in [0.4, 0.5) is 10.1 Å². The van der Waals surface area contributed by atoms with E-state index in [-0.39, 0.29) is 29.5 Å². The predicted octanol–water partition coefficient (Wildman–Crippen LogP) is 3.85. The van der Waals surface area contributed by atoms with E-state index in [0.29, 0.717) is 11.4 Å². The van der Waals surface area contributed by atoms with Crippen molar-refractivity contribution in [3.63, 3.8) is 0 Å². The average Bonchev–Trinajstić information content (AvgIpc) is 3.22. The summed E-state index contributed by atoms with van der Waals surface area (Å²) in [6.45, 7) is 0. The van der Waals surface area contributed by atoms with Crippen molar-refractivity contribution in [2.45, 2.75) is 12.3 Å². The number of anilines is 1. The molecular weight excluding hydrogens is 343 g/mol. The molecule has 2 aromatic heterocycles. The molecule has 5 nitrogen and oxygen atoms in total. The first kappa shape index (κ1) is 15.6. The van der Waals surface area contributed by atoms with E-state index in [0.717, 1.165) is 5.56 Å². The van der Waals surface area contributed by atoms with Gasteiger partial charge in [0.05, 0.1) is 11.4 Å². The van der Waals surface area contributed by atoms with Gasteiger partial charge in [-0.05, 0) is 40.6 Å². The van der Waals surface area contributed by atoms with Crippen molar-refractivity contribution >= 4 is 28.9 Å². The standard InChI is InChI=1S/C18H13FN2O3S/c19-11-2-1-3-12(6-11)21-8-14(18(23)24)16-17(21)13(7-15(22)20-16)10-4-5-25-9-10/h1-6,8-9,13H,7H2,(H,20,22)(H,23,24)/t13-/m0/s1. The maximum atomic E-state index is 13.7. The number of halogens is 1. The van der Waals surface area contributed by atoms with Crippen LogP contribution in [-0.4, -0.2) is 21.6 Å². The van der Waals surface area contributed by atoms with Crippen LogP contribution in [0.3, 0.4) is 0 Å². The molecule has 126 valence electrons. The third-order valence-corrected chi connectivity index (χ3v) is 4.99. The van der Waals surface area contributed by atoms with Crippen molar-refractivity contribution in [1.82, 2.24) is 4.57 Å². The number of hydrogen-bond acceptors (Lipinski definition) is 3. The Labute approximate surface area is 146 Å². The quantitative estimate of drug-likeness (QED) is 0.749. The Morgan fingerprint density at radius 1 is 1.36 bits per heavy atom. The zero-order chi connectivity index (χ0) is 17.6. The number of benzene rings is 1.